The molecule has 0 amide bonds. The molecule has 0 aromatic carbocycles. The summed E-state index contributed by atoms with van der Waals surface area (Å²) >= 11 is 0. The van der Waals surface area contributed by atoms with Gasteiger partial charge in [-0.1, -0.05) is 39.3 Å². The van der Waals surface area contributed by atoms with E-state index < -0.39 is 0 Å². The molecule has 0 saturated carbocycles. The molecule has 0 unspecified atom stereocenters. The molecule has 0 aliphatic heterocycles. The van der Waals surface area contributed by atoms with Gasteiger partial charge in [0.1, 0.15) is 0 Å². The van der Waals surface area contributed by atoms with Crippen LogP contribution in [0.15, 0.2) is 0 Å². The fourth-order valence-corrected chi connectivity index (χ4v) is 1.13. The molecule has 1 nitrogen and oxygen atoms in total. The summed E-state index contributed by atoms with van der Waals surface area (Å²) in [6.07, 6.45) is 5.24. The lowest BCUT2D eigenvalue weighted by Gasteiger charge is -2.07. The van der Waals surface area contributed by atoms with Crippen molar-refractivity contribution in [3.8, 4) is 0 Å². The quantitative estimate of drug-likeness (QED) is 0.557. The van der Waals surface area contributed by atoms with E-state index in [0.717, 1.165) is 6.85 Å². The van der Waals surface area contributed by atoms with Crippen LogP contribution in [0, 0.1) is 0 Å². The van der Waals surface area contributed by atoms with E-state index in [1.165, 1.54) is 25.5 Å². The van der Waals surface area contributed by atoms with Crippen LogP contribution in [0.1, 0.15) is 26.7 Å². The largest absolute Gasteiger partial charge is 0.358 e. The maximum Gasteiger partial charge on any atom is 0.220 e. The summed E-state index contributed by atoms with van der Waals surface area (Å²) in [4.78, 5) is 0. The van der Waals surface area contributed by atoms with Crippen molar-refractivity contribution >= 4 is 6.85 Å². The topological polar surface area (TPSA) is 12.0 Å². The first-order valence-corrected chi connectivity index (χ1v) is 4.02. The minimum Gasteiger partial charge on any atom is -0.358 e. The van der Waals surface area contributed by atoms with Crippen LogP contribution in [-0.2, 0) is 0 Å². The lowest BCUT2D eigenvalue weighted by atomic mass is 9.55. The summed E-state index contributed by atoms with van der Waals surface area (Å²) in [7, 11) is 2.05. The summed E-state index contributed by atoms with van der Waals surface area (Å²) in [5.74, 6) is 0. The number of hydrogen-bond acceptors (Lipinski definition) is 1. The summed E-state index contributed by atoms with van der Waals surface area (Å²) in [6.45, 7) is 5.24. The van der Waals surface area contributed by atoms with Crippen molar-refractivity contribution in [2.45, 2.75) is 39.3 Å². The van der Waals surface area contributed by atoms with Gasteiger partial charge in [0.25, 0.3) is 0 Å². The Bertz CT molecular complexity index is 50.9. The molecule has 0 spiro atoms. The summed E-state index contributed by atoms with van der Waals surface area (Å²) in [5.41, 5.74) is 0. The van der Waals surface area contributed by atoms with Crippen molar-refractivity contribution in [3.05, 3.63) is 0 Å². The van der Waals surface area contributed by atoms with Crippen LogP contribution < -0.4 is 5.23 Å². The van der Waals surface area contributed by atoms with Crippen LogP contribution in [0.5, 0.6) is 0 Å². The average Bonchev–Trinajstić information content (AvgIpc) is 1.88. The third-order valence-electron chi connectivity index (χ3n) is 1.68. The number of nitrogens with one attached hydrogen (secondary N) is 1. The molecule has 2 heteroatoms. The van der Waals surface area contributed by atoms with Gasteiger partial charge in [0.05, 0.1) is 0 Å². The van der Waals surface area contributed by atoms with Gasteiger partial charge < -0.3 is 5.23 Å². The highest BCUT2D eigenvalue weighted by molar-refractivity contribution is 6.55. The minimum atomic E-state index is 0.764. The fourth-order valence-electron chi connectivity index (χ4n) is 1.13. The van der Waals surface area contributed by atoms with Gasteiger partial charge in [-0.3, -0.25) is 0 Å². The van der Waals surface area contributed by atoms with Crippen molar-refractivity contribution in [3.63, 3.8) is 0 Å². The third kappa shape index (κ3) is 4.52. The van der Waals surface area contributed by atoms with Gasteiger partial charge in [-0.2, -0.15) is 0 Å². The predicted molar refractivity (Wildman–Crippen MR) is 45.0 cm³/mol. The van der Waals surface area contributed by atoms with Crippen LogP contribution in [0.4, 0.5) is 0 Å². The van der Waals surface area contributed by atoms with E-state index in [1.54, 1.807) is 0 Å². The summed E-state index contributed by atoms with van der Waals surface area (Å²) in [5, 5.41) is 3.30. The molecule has 0 rings (SSSR count). The van der Waals surface area contributed by atoms with Gasteiger partial charge in [-0.15, -0.1) is 0 Å². The SMILES string of the molecule is CCCB(CCC)NC. The van der Waals surface area contributed by atoms with E-state index in [1.807, 2.05) is 0 Å². The molecule has 1 N–H and O–H groups in total. The lowest BCUT2D eigenvalue weighted by molar-refractivity contribution is 0.962. The fraction of sp³-hybridized carbons (Fsp3) is 1.00. The molecule has 0 aliphatic carbocycles. The monoisotopic (exact) mass is 127 g/mol. The van der Waals surface area contributed by atoms with E-state index >= 15 is 0 Å². The second-order valence-electron chi connectivity index (χ2n) is 2.56. The molecule has 0 atom stereocenters. The second-order valence-corrected chi connectivity index (χ2v) is 2.56. The van der Waals surface area contributed by atoms with Crippen molar-refractivity contribution in [1.29, 1.82) is 0 Å². The zero-order chi connectivity index (χ0) is 7.11. The molecule has 9 heavy (non-hydrogen) atoms. The van der Waals surface area contributed by atoms with Crippen LogP contribution in [-0.4, -0.2) is 13.9 Å². The van der Waals surface area contributed by atoms with E-state index in [2.05, 4.69) is 26.1 Å². The highest BCUT2D eigenvalue weighted by Crippen LogP contribution is 2.01. The Balaban J connectivity index is 3.18. The Kier molecular flexibility index (Phi) is 6.17. The van der Waals surface area contributed by atoms with Gasteiger partial charge >= 0.3 is 0 Å². The standard InChI is InChI=1S/C7H18BN/c1-4-6-8(9-3)7-5-2/h9H,4-7H2,1-3H3. The molecule has 0 fully saturated rings. The molecule has 0 aromatic heterocycles. The zero-order valence-electron chi connectivity index (χ0n) is 6.91. The second kappa shape index (κ2) is 6.15. The van der Waals surface area contributed by atoms with E-state index in [9.17, 15) is 0 Å². The Morgan fingerprint density at radius 2 is 1.56 bits per heavy atom. The number of hydrogen-bond donors (Lipinski definition) is 1. The van der Waals surface area contributed by atoms with E-state index in [-0.39, 0.29) is 0 Å². The Hall–Kier alpha value is 0.0249. The van der Waals surface area contributed by atoms with E-state index in [4.69, 9.17) is 0 Å². The predicted octanol–water partition coefficient (Wildman–Crippen LogP) is 2.02. The van der Waals surface area contributed by atoms with Gasteiger partial charge in [-0.05, 0) is 7.05 Å². The van der Waals surface area contributed by atoms with Crippen molar-refractivity contribution < 1.29 is 0 Å². The van der Waals surface area contributed by atoms with Crippen LogP contribution >= 0.6 is 0 Å². The van der Waals surface area contributed by atoms with Crippen molar-refractivity contribution in [2.24, 2.45) is 0 Å². The zero-order valence-corrected chi connectivity index (χ0v) is 6.91. The molecule has 0 bridgehead atoms. The normalized spacial score (nSPS) is 9.67. The average molecular weight is 127 g/mol. The van der Waals surface area contributed by atoms with Crippen molar-refractivity contribution in [1.82, 2.24) is 5.23 Å². The van der Waals surface area contributed by atoms with Gasteiger partial charge in [0, 0.05) is 0 Å². The van der Waals surface area contributed by atoms with Crippen LogP contribution in [0.25, 0.3) is 0 Å². The summed E-state index contributed by atoms with van der Waals surface area (Å²) in [6, 6.07) is 0. The van der Waals surface area contributed by atoms with Gasteiger partial charge in [0.2, 0.25) is 6.85 Å². The van der Waals surface area contributed by atoms with Crippen LogP contribution in [0.3, 0.4) is 0 Å². The smallest absolute Gasteiger partial charge is 0.220 e. The third-order valence-corrected chi connectivity index (χ3v) is 1.68. The highest BCUT2D eigenvalue weighted by Gasteiger charge is 2.06. The first-order valence-electron chi connectivity index (χ1n) is 4.02. The first kappa shape index (κ1) is 9.02. The lowest BCUT2D eigenvalue weighted by Crippen LogP contribution is -2.29. The van der Waals surface area contributed by atoms with Crippen molar-refractivity contribution in [2.75, 3.05) is 7.05 Å². The Morgan fingerprint density at radius 3 is 1.78 bits per heavy atom. The molecule has 0 heterocycles. The molecule has 54 valence electrons. The Morgan fingerprint density at radius 1 is 1.11 bits per heavy atom. The van der Waals surface area contributed by atoms with Crippen LogP contribution in [0.2, 0.25) is 12.6 Å². The first-order chi connectivity index (χ1) is 4.35. The van der Waals surface area contributed by atoms with Gasteiger partial charge in [-0.25, -0.2) is 0 Å². The van der Waals surface area contributed by atoms with E-state index in [0.29, 0.717) is 0 Å². The Labute approximate surface area is 59.3 Å². The molecule has 0 aliphatic rings. The molecule has 0 saturated heterocycles. The molecule has 0 radical (unpaired) electrons. The molecule has 0 aromatic rings. The molecular formula is C7H18BN. The van der Waals surface area contributed by atoms with Gasteiger partial charge in [0.15, 0.2) is 0 Å². The minimum absolute atomic E-state index is 0.764. The number of rotatable bonds is 5. The molecular weight excluding hydrogens is 109 g/mol. The maximum absolute atomic E-state index is 3.30. The highest BCUT2D eigenvalue weighted by atomic mass is 14.7. The summed E-state index contributed by atoms with van der Waals surface area (Å²) < 4.78 is 0. The maximum atomic E-state index is 3.30.